The fourth-order valence-electron chi connectivity index (χ4n) is 2.19. The molecule has 0 saturated heterocycles. The first-order valence-corrected chi connectivity index (χ1v) is 6.86. The lowest BCUT2D eigenvalue weighted by molar-refractivity contribution is 0.0784. The summed E-state index contributed by atoms with van der Waals surface area (Å²) >= 11 is 0. The maximum atomic E-state index is 12.4. The molecule has 0 aromatic carbocycles. The summed E-state index contributed by atoms with van der Waals surface area (Å²) in [6, 6.07) is 0. The predicted molar refractivity (Wildman–Crippen MR) is 76.3 cm³/mol. The maximum absolute atomic E-state index is 12.4. The van der Waals surface area contributed by atoms with Crippen LogP contribution in [0.2, 0.25) is 0 Å². The number of aryl methyl sites for hydroxylation is 2. The molecule has 0 spiro atoms. The number of nitrogens with zero attached hydrogens (tertiary/aromatic N) is 5. The monoisotopic (exact) mass is 275 g/mol. The minimum Gasteiger partial charge on any atom is -0.337 e. The molecule has 20 heavy (non-hydrogen) atoms. The molecule has 0 aliphatic rings. The average molecular weight is 275 g/mol. The second-order valence-corrected chi connectivity index (χ2v) is 4.82. The summed E-state index contributed by atoms with van der Waals surface area (Å²) in [7, 11) is 1.80. The highest BCUT2D eigenvalue weighted by molar-refractivity contribution is 5.94. The van der Waals surface area contributed by atoms with Gasteiger partial charge in [-0.05, 0) is 20.8 Å². The van der Waals surface area contributed by atoms with Crippen LogP contribution < -0.4 is 0 Å². The Kier molecular flexibility index (Phi) is 4.22. The van der Waals surface area contributed by atoms with Crippen molar-refractivity contribution < 1.29 is 4.79 Å². The highest BCUT2D eigenvalue weighted by atomic mass is 16.2. The van der Waals surface area contributed by atoms with E-state index >= 15 is 0 Å². The van der Waals surface area contributed by atoms with Crippen molar-refractivity contribution in [1.82, 2.24) is 24.5 Å². The Balaban J connectivity index is 2.09. The second-order valence-electron chi connectivity index (χ2n) is 4.82. The van der Waals surface area contributed by atoms with Gasteiger partial charge in [0.2, 0.25) is 0 Å². The summed E-state index contributed by atoms with van der Waals surface area (Å²) < 4.78 is 3.68. The summed E-state index contributed by atoms with van der Waals surface area (Å²) in [6.45, 7) is 8.12. The molecule has 0 atom stereocenters. The number of hydrogen-bond acceptors (Lipinski definition) is 3. The van der Waals surface area contributed by atoms with E-state index < -0.39 is 0 Å². The fraction of sp³-hybridized carbons (Fsp3) is 0.500. The molecule has 0 aliphatic carbocycles. The van der Waals surface area contributed by atoms with Gasteiger partial charge in [0.25, 0.3) is 5.91 Å². The molecule has 0 bridgehead atoms. The first-order valence-electron chi connectivity index (χ1n) is 6.86. The van der Waals surface area contributed by atoms with Gasteiger partial charge in [0.1, 0.15) is 0 Å². The van der Waals surface area contributed by atoms with Crippen LogP contribution in [-0.4, -0.2) is 37.4 Å². The molecule has 0 radical (unpaired) electrons. The Labute approximate surface area is 119 Å². The van der Waals surface area contributed by atoms with Crippen LogP contribution in [0.3, 0.4) is 0 Å². The molecule has 2 heterocycles. The van der Waals surface area contributed by atoms with E-state index in [0.717, 1.165) is 24.3 Å². The van der Waals surface area contributed by atoms with Gasteiger partial charge in [0, 0.05) is 44.1 Å². The summed E-state index contributed by atoms with van der Waals surface area (Å²) in [5.74, 6) is -0.00792. The number of aromatic nitrogens is 4. The zero-order valence-electron chi connectivity index (χ0n) is 12.5. The number of amides is 1. The van der Waals surface area contributed by atoms with E-state index in [0.29, 0.717) is 12.1 Å². The molecule has 2 aromatic rings. The van der Waals surface area contributed by atoms with Crippen LogP contribution in [0.25, 0.3) is 0 Å². The van der Waals surface area contributed by atoms with Gasteiger partial charge < -0.3 is 4.90 Å². The summed E-state index contributed by atoms with van der Waals surface area (Å²) in [6.07, 6.45) is 5.41. The van der Waals surface area contributed by atoms with Crippen LogP contribution in [0.1, 0.15) is 35.5 Å². The molecule has 0 fully saturated rings. The summed E-state index contributed by atoms with van der Waals surface area (Å²) in [5.41, 5.74) is 2.61. The van der Waals surface area contributed by atoms with Gasteiger partial charge in [-0.1, -0.05) is 0 Å². The van der Waals surface area contributed by atoms with E-state index in [2.05, 4.69) is 10.2 Å². The van der Waals surface area contributed by atoms with Gasteiger partial charge in [0.15, 0.2) is 0 Å². The Morgan fingerprint density at radius 3 is 2.55 bits per heavy atom. The first kappa shape index (κ1) is 14.3. The van der Waals surface area contributed by atoms with Gasteiger partial charge in [0.05, 0.1) is 18.0 Å². The van der Waals surface area contributed by atoms with Crippen molar-refractivity contribution in [2.75, 3.05) is 7.05 Å². The summed E-state index contributed by atoms with van der Waals surface area (Å²) in [4.78, 5) is 14.1. The van der Waals surface area contributed by atoms with Crippen LogP contribution >= 0.6 is 0 Å². The van der Waals surface area contributed by atoms with Gasteiger partial charge in [-0.15, -0.1) is 0 Å². The molecule has 6 heteroatoms. The Bertz CT molecular complexity index is 598. The highest BCUT2D eigenvalue weighted by Crippen LogP contribution is 2.12. The van der Waals surface area contributed by atoms with Gasteiger partial charge in [-0.3, -0.25) is 14.2 Å². The number of carbonyl (C=O) groups excluding carboxylic acids is 1. The molecular formula is C14H21N5O. The largest absolute Gasteiger partial charge is 0.337 e. The van der Waals surface area contributed by atoms with Crippen LogP contribution in [0.5, 0.6) is 0 Å². The molecule has 2 rings (SSSR count). The zero-order chi connectivity index (χ0) is 14.7. The minimum atomic E-state index is -0.00792. The van der Waals surface area contributed by atoms with Gasteiger partial charge >= 0.3 is 0 Å². The van der Waals surface area contributed by atoms with Crippen LogP contribution in [0, 0.1) is 6.92 Å². The molecule has 0 N–H and O–H groups in total. The van der Waals surface area contributed by atoms with E-state index in [-0.39, 0.29) is 5.91 Å². The molecule has 0 unspecified atom stereocenters. The molecular weight excluding hydrogens is 254 g/mol. The topological polar surface area (TPSA) is 56.0 Å². The Morgan fingerprint density at radius 2 is 2.00 bits per heavy atom. The van der Waals surface area contributed by atoms with Crippen molar-refractivity contribution in [3.63, 3.8) is 0 Å². The summed E-state index contributed by atoms with van der Waals surface area (Å²) in [5, 5.41) is 8.43. The van der Waals surface area contributed by atoms with Crippen LogP contribution in [-0.2, 0) is 19.6 Å². The van der Waals surface area contributed by atoms with E-state index in [9.17, 15) is 4.79 Å². The third-order valence-electron chi connectivity index (χ3n) is 3.41. The normalized spacial score (nSPS) is 10.8. The minimum absolute atomic E-state index is 0.00792. The fourth-order valence-corrected chi connectivity index (χ4v) is 2.19. The van der Waals surface area contributed by atoms with E-state index in [4.69, 9.17) is 0 Å². The van der Waals surface area contributed by atoms with Crippen molar-refractivity contribution in [3.05, 3.63) is 35.4 Å². The Morgan fingerprint density at radius 1 is 1.25 bits per heavy atom. The van der Waals surface area contributed by atoms with Gasteiger partial charge in [-0.25, -0.2) is 0 Å². The second kappa shape index (κ2) is 5.90. The number of rotatable bonds is 5. The lowest BCUT2D eigenvalue weighted by Crippen LogP contribution is -2.26. The average Bonchev–Trinajstić information content (AvgIpc) is 3.04. The zero-order valence-corrected chi connectivity index (χ0v) is 12.5. The third kappa shape index (κ3) is 2.74. The molecule has 6 nitrogen and oxygen atoms in total. The smallest absolute Gasteiger partial charge is 0.257 e. The molecule has 0 saturated carbocycles. The standard InChI is InChI=1S/C14H21N5O/c1-5-18-10-12(7-15-18)9-17(4)14(20)13-8-16-19(6-2)11(13)3/h7-8,10H,5-6,9H2,1-4H3. The molecule has 108 valence electrons. The van der Waals surface area contributed by atoms with Crippen molar-refractivity contribution in [1.29, 1.82) is 0 Å². The number of hydrogen-bond donors (Lipinski definition) is 0. The maximum Gasteiger partial charge on any atom is 0.257 e. The molecule has 2 aromatic heterocycles. The highest BCUT2D eigenvalue weighted by Gasteiger charge is 2.18. The van der Waals surface area contributed by atoms with E-state index in [1.807, 2.05) is 36.3 Å². The van der Waals surface area contributed by atoms with E-state index in [1.54, 1.807) is 24.3 Å². The van der Waals surface area contributed by atoms with Gasteiger partial charge in [-0.2, -0.15) is 10.2 Å². The quantitative estimate of drug-likeness (QED) is 0.834. The first-order chi connectivity index (χ1) is 9.56. The van der Waals surface area contributed by atoms with Crippen LogP contribution in [0.4, 0.5) is 0 Å². The lowest BCUT2D eigenvalue weighted by atomic mass is 10.2. The van der Waals surface area contributed by atoms with Crippen LogP contribution in [0.15, 0.2) is 18.6 Å². The number of carbonyl (C=O) groups is 1. The lowest BCUT2D eigenvalue weighted by Gasteiger charge is -2.15. The third-order valence-corrected chi connectivity index (χ3v) is 3.41. The van der Waals surface area contributed by atoms with E-state index in [1.165, 1.54) is 0 Å². The van der Waals surface area contributed by atoms with Crippen molar-refractivity contribution in [2.24, 2.45) is 0 Å². The van der Waals surface area contributed by atoms with Crippen molar-refractivity contribution in [2.45, 2.75) is 40.4 Å². The predicted octanol–water partition coefficient (Wildman–Crippen LogP) is 1.70. The molecule has 1 amide bonds. The SMILES string of the molecule is CCn1cc(CN(C)C(=O)c2cnn(CC)c2C)cn1. The Hall–Kier alpha value is -2.11. The van der Waals surface area contributed by atoms with Crippen molar-refractivity contribution in [3.8, 4) is 0 Å². The van der Waals surface area contributed by atoms with Crippen molar-refractivity contribution >= 4 is 5.91 Å². The molecule has 0 aliphatic heterocycles.